The van der Waals surface area contributed by atoms with Crippen molar-refractivity contribution >= 4 is 11.8 Å². The monoisotopic (exact) mass is 340 g/mol. The molecular formula is C16H15F3N2O3. The second-order valence-corrected chi connectivity index (χ2v) is 5.63. The third-order valence-corrected chi connectivity index (χ3v) is 3.78. The number of hydrogen-bond donors (Lipinski definition) is 1. The third kappa shape index (κ3) is 3.94. The van der Waals surface area contributed by atoms with Crippen LogP contribution in [0.1, 0.15) is 18.4 Å². The van der Waals surface area contributed by atoms with Crippen LogP contribution in [0.2, 0.25) is 0 Å². The molecule has 0 aliphatic carbocycles. The second kappa shape index (κ2) is 6.64. The number of nitrogens with zero attached hydrogens (tertiary/aromatic N) is 1. The van der Waals surface area contributed by atoms with E-state index in [1.54, 1.807) is 0 Å². The Balaban J connectivity index is 1.63. The molecule has 0 bridgehead atoms. The second-order valence-electron chi connectivity index (χ2n) is 5.63. The standard InChI is InChI=1S/C16H15F3N2O3/c17-16(18,19)12-3-1-11(2-4-12)13-8-15(24-21-13)20-14(22)7-10-5-6-23-9-10/h1-4,8,10H,5-7,9H2,(H,20,22). The normalized spacial score (nSPS) is 17.9. The van der Waals surface area contributed by atoms with Gasteiger partial charge in [0.1, 0.15) is 5.69 Å². The van der Waals surface area contributed by atoms with Crippen LogP contribution in [0, 0.1) is 5.92 Å². The molecule has 1 atom stereocenters. The molecule has 1 aliphatic heterocycles. The number of halogens is 3. The van der Waals surface area contributed by atoms with Crippen molar-refractivity contribution in [3.05, 3.63) is 35.9 Å². The Kier molecular flexibility index (Phi) is 4.57. The molecule has 5 nitrogen and oxygen atoms in total. The van der Waals surface area contributed by atoms with Crippen molar-refractivity contribution in [3.63, 3.8) is 0 Å². The molecule has 3 rings (SSSR count). The fraction of sp³-hybridized carbons (Fsp3) is 0.375. The summed E-state index contributed by atoms with van der Waals surface area (Å²) in [6.45, 7) is 1.24. The lowest BCUT2D eigenvalue weighted by Gasteiger charge is -2.06. The predicted octanol–water partition coefficient (Wildman–Crippen LogP) is 3.73. The molecule has 0 spiro atoms. The highest BCUT2D eigenvalue weighted by atomic mass is 19.4. The molecule has 0 radical (unpaired) electrons. The summed E-state index contributed by atoms with van der Waals surface area (Å²) in [5.74, 6) is 0.150. The van der Waals surface area contributed by atoms with Crippen molar-refractivity contribution in [2.45, 2.75) is 19.0 Å². The van der Waals surface area contributed by atoms with Crippen LogP contribution in [0.5, 0.6) is 0 Å². The van der Waals surface area contributed by atoms with E-state index in [0.717, 1.165) is 18.6 Å². The Hall–Kier alpha value is -2.35. The summed E-state index contributed by atoms with van der Waals surface area (Å²) in [6.07, 6.45) is -3.21. The van der Waals surface area contributed by atoms with Crippen LogP contribution in [-0.2, 0) is 15.7 Å². The zero-order valence-electron chi connectivity index (χ0n) is 12.6. The van der Waals surface area contributed by atoms with E-state index in [1.165, 1.54) is 18.2 Å². The first-order valence-electron chi connectivity index (χ1n) is 7.44. The lowest BCUT2D eigenvalue weighted by atomic mass is 10.1. The molecule has 8 heteroatoms. The highest BCUT2D eigenvalue weighted by Crippen LogP contribution is 2.31. The summed E-state index contributed by atoms with van der Waals surface area (Å²) in [5.41, 5.74) is 0.0849. The van der Waals surface area contributed by atoms with Gasteiger partial charge in [0, 0.05) is 31.3 Å². The number of amides is 1. The van der Waals surface area contributed by atoms with Crippen LogP contribution < -0.4 is 5.32 Å². The van der Waals surface area contributed by atoms with Gasteiger partial charge in [0.15, 0.2) is 0 Å². The van der Waals surface area contributed by atoms with Gasteiger partial charge in [0.2, 0.25) is 11.8 Å². The number of carbonyl (C=O) groups excluding carboxylic acids is 1. The van der Waals surface area contributed by atoms with E-state index in [9.17, 15) is 18.0 Å². The summed E-state index contributed by atoms with van der Waals surface area (Å²) < 4.78 is 47.9. The molecule has 1 aromatic carbocycles. The summed E-state index contributed by atoms with van der Waals surface area (Å²) in [7, 11) is 0. The molecule has 1 aromatic heterocycles. The molecule has 1 N–H and O–H groups in total. The van der Waals surface area contributed by atoms with Gasteiger partial charge >= 0.3 is 6.18 Å². The number of ether oxygens (including phenoxy) is 1. The molecule has 2 aromatic rings. The van der Waals surface area contributed by atoms with Gasteiger partial charge in [-0.1, -0.05) is 17.3 Å². The van der Waals surface area contributed by atoms with Crippen LogP contribution in [0.3, 0.4) is 0 Å². The van der Waals surface area contributed by atoms with Crippen molar-refractivity contribution in [2.75, 3.05) is 18.5 Å². The minimum Gasteiger partial charge on any atom is -0.381 e. The molecule has 1 aliphatic rings. The van der Waals surface area contributed by atoms with E-state index in [-0.39, 0.29) is 17.7 Å². The highest BCUT2D eigenvalue weighted by Gasteiger charge is 2.30. The van der Waals surface area contributed by atoms with E-state index in [2.05, 4.69) is 10.5 Å². The first-order valence-corrected chi connectivity index (χ1v) is 7.44. The summed E-state index contributed by atoms with van der Waals surface area (Å²) in [4.78, 5) is 11.9. The van der Waals surface area contributed by atoms with E-state index in [4.69, 9.17) is 9.26 Å². The number of anilines is 1. The molecule has 1 amide bonds. The van der Waals surface area contributed by atoms with Crippen molar-refractivity contribution in [1.29, 1.82) is 0 Å². The van der Waals surface area contributed by atoms with Crippen molar-refractivity contribution in [3.8, 4) is 11.3 Å². The maximum atomic E-state index is 12.5. The van der Waals surface area contributed by atoms with Crippen molar-refractivity contribution in [2.24, 2.45) is 5.92 Å². The Morgan fingerprint density at radius 1 is 1.29 bits per heavy atom. The van der Waals surface area contributed by atoms with Gasteiger partial charge < -0.3 is 9.26 Å². The number of alkyl halides is 3. The van der Waals surface area contributed by atoms with Gasteiger partial charge in [-0.05, 0) is 24.5 Å². The molecule has 1 fully saturated rings. The summed E-state index contributed by atoms with van der Waals surface area (Å²) in [6, 6.07) is 6.04. The fourth-order valence-electron chi connectivity index (χ4n) is 2.50. The lowest BCUT2D eigenvalue weighted by molar-refractivity contribution is -0.137. The number of aromatic nitrogens is 1. The quantitative estimate of drug-likeness (QED) is 0.921. The smallest absolute Gasteiger partial charge is 0.381 e. The Bertz CT molecular complexity index is 704. The molecular weight excluding hydrogens is 325 g/mol. The maximum Gasteiger partial charge on any atom is 0.416 e. The summed E-state index contributed by atoms with van der Waals surface area (Å²) >= 11 is 0. The molecule has 1 unspecified atom stereocenters. The molecule has 2 heterocycles. The third-order valence-electron chi connectivity index (χ3n) is 3.78. The number of hydrogen-bond acceptors (Lipinski definition) is 4. The minimum atomic E-state index is -4.38. The van der Waals surface area contributed by atoms with Gasteiger partial charge in [0.05, 0.1) is 5.56 Å². The number of carbonyl (C=O) groups is 1. The molecule has 24 heavy (non-hydrogen) atoms. The van der Waals surface area contributed by atoms with Crippen LogP contribution in [0.25, 0.3) is 11.3 Å². The zero-order chi connectivity index (χ0) is 17.2. The molecule has 1 saturated heterocycles. The van der Waals surface area contributed by atoms with Gasteiger partial charge in [-0.25, -0.2) is 0 Å². The highest BCUT2D eigenvalue weighted by molar-refractivity contribution is 5.90. The SMILES string of the molecule is O=C(CC1CCOC1)Nc1cc(-c2ccc(C(F)(F)F)cc2)no1. The Labute approximate surface area is 135 Å². The van der Waals surface area contributed by atoms with Gasteiger partial charge in [0.25, 0.3) is 0 Å². The predicted molar refractivity (Wildman–Crippen MR) is 79.1 cm³/mol. The van der Waals surface area contributed by atoms with Gasteiger partial charge in [-0.3, -0.25) is 10.1 Å². The lowest BCUT2D eigenvalue weighted by Crippen LogP contribution is -2.16. The van der Waals surface area contributed by atoms with Crippen molar-refractivity contribution in [1.82, 2.24) is 5.16 Å². The van der Waals surface area contributed by atoms with Crippen LogP contribution in [0.4, 0.5) is 19.1 Å². The number of benzene rings is 1. The Morgan fingerprint density at radius 2 is 2.04 bits per heavy atom. The zero-order valence-corrected chi connectivity index (χ0v) is 12.6. The topological polar surface area (TPSA) is 64.4 Å². The average molecular weight is 340 g/mol. The van der Waals surface area contributed by atoms with E-state index >= 15 is 0 Å². The average Bonchev–Trinajstić information content (AvgIpc) is 3.18. The van der Waals surface area contributed by atoms with E-state index in [1.807, 2.05) is 0 Å². The van der Waals surface area contributed by atoms with Crippen LogP contribution >= 0.6 is 0 Å². The van der Waals surface area contributed by atoms with Crippen molar-refractivity contribution < 1.29 is 27.2 Å². The van der Waals surface area contributed by atoms with E-state index < -0.39 is 11.7 Å². The van der Waals surface area contributed by atoms with Crippen LogP contribution in [-0.4, -0.2) is 24.3 Å². The van der Waals surface area contributed by atoms with E-state index in [0.29, 0.717) is 30.9 Å². The van der Waals surface area contributed by atoms with Crippen LogP contribution in [0.15, 0.2) is 34.9 Å². The fourth-order valence-corrected chi connectivity index (χ4v) is 2.50. The maximum absolute atomic E-state index is 12.5. The number of nitrogens with one attached hydrogen (secondary N) is 1. The van der Waals surface area contributed by atoms with Gasteiger partial charge in [-0.15, -0.1) is 0 Å². The first kappa shape index (κ1) is 16.5. The molecule has 0 saturated carbocycles. The number of rotatable bonds is 4. The summed E-state index contributed by atoms with van der Waals surface area (Å²) in [5, 5.41) is 6.36. The Morgan fingerprint density at radius 3 is 2.67 bits per heavy atom. The van der Waals surface area contributed by atoms with Gasteiger partial charge in [-0.2, -0.15) is 13.2 Å². The minimum absolute atomic E-state index is 0.161. The molecule has 128 valence electrons. The largest absolute Gasteiger partial charge is 0.416 e. The first-order chi connectivity index (χ1) is 11.4.